The maximum absolute atomic E-state index is 13.1. The Balaban J connectivity index is 1.33. The van der Waals surface area contributed by atoms with E-state index in [9.17, 15) is 9.59 Å². The van der Waals surface area contributed by atoms with Crippen molar-refractivity contribution in [2.75, 3.05) is 12.0 Å². The van der Waals surface area contributed by atoms with Gasteiger partial charge in [0.1, 0.15) is 17.2 Å². The number of carbonyl (C=O) groups is 2. The number of carbonyl (C=O) groups excluding carboxylic acids is 2. The topological polar surface area (TPSA) is 65.1 Å². The van der Waals surface area contributed by atoms with Gasteiger partial charge in [-0.05, 0) is 60.2 Å². The number of methoxy groups -OCH3 is 1. The normalized spacial score (nSPS) is 13.2. The number of fused-ring (bicyclic) bond motifs is 1. The predicted octanol–water partition coefficient (Wildman–Crippen LogP) is 6.65. The summed E-state index contributed by atoms with van der Waals surface area (Å²) in [7, 11) is 1.56. The summed E-state index contributed by atoms with van der Waals surface area (Å²) in [6.45, 7) is 0. The largest absolute Gasteiger partial charge is 0.497 e. The van der Waals surface area contributed by atoms with Crippen molar-refractivity contribution >= 4 is 29.3 Å². The molecule has 0 N–H and O–H groups in total. The highest BCUT2D eigenvalue weighted by Crippen LogP contribution is 2.35. The molecule has 35 heavy (non-hydrogen) atoms. The van der Waals surface area contributed by atoms with Crippen LogP contribution in [0.1, 0.15) is 15.9 Å². The summed E-state index contributed by atoms with van der Waals surface area (Å²) in [5.41, 5.74) is 2.61. The van der Waals surface area contributed by atoms with Gasteiger partial charge >= 0.3 is 6.09 Å². The van der Waals surface area contributed by atoms with Gasteiger partial charge in [-0.2, -0.15) is 0 Å². The van der Waals surface area contributed by atoms with Gasteiger partial charge in [-0.1, -0.05) is 48.5 Å². The molecule has 0 atom stereocenters. The lowest BCUT2D eigenvalue weighted by atomic mass is 10.1. The molecule has 0 saturated heterocycles. The zero-order valence-corrected chi connectivity index (χ0v) is 18.9. The maximum atomic E-state index is 13.1. The highest BCUT2D eigenvalue weighted by Gasteiger charge is 2.27. The average molecular weight is 463 g/mol. The first kappa shape index (κ1) is 22.0. The molecule has 172 valence electrons. The third kappa shape index (κ3) is 4.63. The van der Waals surface area contributed by atoms with E-state index < -0.39 is 6.09 Å². The molecule has 6 nitrogen and oxygen atoms in total. The van der Waals surface area contributed by atoms with Crippen molar-refractivity contribution < 1.29 is 23.8 Å². The van der Waals surface area contributed by atoms with Gasteiger partial charge in [0.2, 0.25) is 5.78 Å². The second kappa shape index (κ2) is 9.57. The number of hydrogen-bond donors (Lipinski definition) is 0. The number of nitrogens with zero attached hydrogens (tertiary/aromatic N) is 1. The van der Waals surface area contributed by atoms with E-state index in [2.05, 4.69) is 0 Å². The van der Waals surface area contributed by atoms with Crippen molar-refractivity contribution in [2.24, 2.45) is 0 Å². The van der Waals surface area contributed by atoms with Crippen LogP contribution in [0.5, 0.6) is 17.2 Å². The van der Waals surface area contributed by atoms with Crippen molar-refractivity contribution in [3.05, 3.63) is 120 Å². The van der Waals surface area contributed by atoms with E-state index in [1.54, 1.807) is 55.7 Å². The van der Waals surface area contributed by atoms with Crippen molar-refractivity contribution in [2.45, 2.75) is 0 Å². The van der Waals surface area contributed by atoms with Crippen molar-refractivity contribution in [3.8, 4) is 17.2 Å². The zero-order valence-electron chi connectivity index (χ0n) is 18.9. The number of Topliss-reactive ketones (excluding diaryl/α,β-unsaturated/α-hetero) is 1. The number of anilines is 2. The SMILES string of the molecule is COc1ccc2c(c1)O/C(=C\c1ccc(OC(=O)N(c3ccccc3)c3ccccc3)cc1)C2=O. The van der Waals surface area contributed by atoms with Crippen LogP contribution in [-0.2, 0) is 0 Å². The van der Waals surface area contributed by atoms with Crippen molar-refractivity contribution in [3.63, 3.8) is 0 Å². The average Bonchev–Trinajstić information content (AvgIpc) is 3.20. The summed E-state index contributed by atoms with van der Waals surface area (Å²) >= 11 is 0. The first-order valence-corrected chi connectivity index (χ1v) is 11.0. The first-order valence-electron chi connectivity index (χ1n) is 11.0. The Kier molecular flexibility index (Phi) is 6.01. The molecule has 0 saturated carbocycles. The molecule has 4 aromatic rings. The lowest BCUT2D eigenvalue weighted by Gasteiger charge is -2.22. The summed E-state index contributed by atoms with van der Waals surface area (Å²) < 4.78 is 16.6. The van der Waals surface area contributed by atoms with Crippen molar-refractivity contribution in [1.82, 2.24) is 0 Å². The van der Waals surface area contributed by atoms with Crippen LogP contribution in [0.15, 0.2) is 109 Å². The van der Waals surface area contributed by atoms with E-state index in [-0.39, 0.29) is 11.5 Å². The van der Waals surface area contributed by atoms with Crippen LogP contribution in [-0.4, -0.2) is 19.0 Å². The minimum Gasteiger partial charge on any atom is -0.497 e. The Morgan fingerprint density at radius 2 is 1.40 bits per heavy atom. The Bertz CT molecular complexity index is 1360. The number of hydrogen-bond acceptors (Lipinski definition) is 5. The number of amides is 1. The fourth-order valence-electron chi connectivity index (χ4n) is 3.74. The summed E-state index contributed by atoms with van der Waals surface area (Å²) in [4.78, 5) is 27.3. The molecule has 1 aliphatic rings. The number of ketones is 1. The minimum atomic E-state index is -0.535. The van der Waals surface area contributed by atoms with Crippen LogP contribution in [0.2, 0.25) is 0 Å². The van der Waals surface area contributed by atoms with E-state index in [4.69, 9.17) is 14.2 Å². The van der Waals surface area contributed by atoms with Crippen LogP contribution >= 0.6 is 0 Å². The number of allylic oxidation sites excluding steroid dienone is 1. The fourth-order valence-corrected chi connectivity index (χ4v) is 3.74. The molecular weight excluding hydrogens is 442 g/mol. The zero-order chi connectivity index (χ0) is 24.2. The van der Waals surface area contributed by atoms with Gasteiger partial charge in [-0.25, -0.2) is 9.69 Å². The quantitative estimate of drug-likeness (QED) is 0.310. The lowest BCUT2D eigenvalue weighted by molar-refractivity contribution is 0.101. The van der Waals surface area contributed by atoms with Gasteiger partial charge in [0, 0.05) is 6.07 Å². The van der Waals surface area contributed by atoms with E-state index in [1.807, 2.05) is 60.7 Å². The molecule has 1 aliphatic heterocycles. The second-order valence-electron chi connectivity index (χ2n) is 7.75. The monoisotopic (exact) mass is 463 g/mol. The molecule has 1 heterocycles. The van der Waals surface area contributed by atoms with Gasteiger partial charge in [0.15, 0.2) is 5.76 Å². The number of ether oxygens (including phenoxy) is 3. The summed E-state index contributed by atoms with van der Waals surface area (Å²) in [6, 6.07) is 30.5. The molecule has 0 fully saturated rings. The van der Waals surface area contributed by atoms with Gasteiger partial charge < -0.3 is 14.2 Å². The predicted molar refractivity (Wildman–Crippen MR) is 133 cm³/mol. The maximum Gasteiger partial charge on any atom is 0.424 e. The molecule has 5 rings (SSSR count). The van der Waals surface area contributed by atoms with Crippen LogP contribution in [0, 0.1) is 0 Å². The van der Waals surface area contributed by atoms with E-state index in [0.29, 0.717) is 34.2 Å². The standard InChI is InChI=1S/C29H21NO5/c1-33-24-16-17-25-26(19-24)35-27(28(25)31)18-20-12-14-23(15-13-20)34-29(32)30(21-8-4-2-5-9-21)22-10-6-3-7-11-22/h2-19H,1H3/b27-18-. The number of benzene rings is 4. The van der Waals surface area contributed by atoms with E-state index in [1.165, 1.54) is 4.90 Å². The molecule has 0 radical (unpaired) electrons. The van der Waals surface area contributed by atoms with Crippen molar-refractivity contribution in [1.29, 1.82) is 0 Å². The Hall–Kier alpha value is -4.84. The Morgan fingerprint density at radius 1 is 0.800 bits per heavy atom. The lowest BCUT2D eigenvalue weighted by Crippen LogP contribution is -2.29. The van der Waals surface area contributed by atoms with Gasteiger partial charge in [0.05, 0.1) is 24.0 Å². The molecular formula is C29H21NO5. The number of rotatable bonds is 5. The molecule has 1 amide bonds. The van der Waals surface area contributed by atoms with E-state index >= 15 is 0 Å². The fraction of sp³-hybridized carbons (Fsp3) is 0.0345. The smallest absolute Gasteiger partial charge is 0.424 e. The summed E-state index contributed by atoms with van der Waals surface area (Å²) in [6.07, 6.45) is 1.12. The van der Waals surface area contributed by atoms with Gasteiger partial charge in [-0.3, -0.25) is 4.79 Å². The van der Waals surface area contributed by atoms with Crippen LogP contribution in [0.3, 0.4) is 0 Å². The van der Waals surface area contributed by atoms with Crippen LogP contribution < -0.4 is 19.1 Å². The summed E-state index contributed by atoms with van der Waals surface area (Å²) in [5, 5.41) is 0. The van der Waals surface area contributed by atoms with E-state index in [0.717, 1.165) is 5.56 Å². The Morgan fingerprint density at radius 3 is 2.00 bits per heavy atom. The molecule has 0 aliphatic carbocycles. The number of para-hydroxylation sites is 2. The molecule has 0 aromatic heterocycles. The van der Waals surface area contributed by atoms with Gasteiger partial charge in [-0.15, -0.1) is 0 Å². The summed E-state index contributed by atoms with van der Waals surface area (Å²) in [5.74, 6) is 1.48. The first-order chi connectivity index (χ1) is 17.1. The van der Waals surface area contributed by atoms with Crippen LogP contribution in [0.4, 0.5) is 16.2 Å². The molecule has 4 aromatic carbocycles. The van der Waals surface area contributed by atoms with Gasteiger partial charge in [0.25, 0.3) is 0 Å². The molecule has 0 spiro atoms. The molecule has 0 unspecified atom stereocenters. The third-order valence-electron chi connectivity index (χ3n) is 5.47. The Labute approximate surface area is 202 Å². The third-order valence-corrected chi connectivity index (χ3v) is 5.47. The minimum absolute atomic E-state index is 0.195. The highest BCUT2D eigenvalue weighted by atomic mass is 16.6. The second-order valence-corrected chi connectivity index (χ2v) is 7.75. The molecule has 6 heteroatoms. The molecule has 0 bridgehead atoms. The van der Waals surface area contributed by atoms with Crippen LogP contribution in [0.25, 0.3) is 6.08 Å². The highest BCUT2D eigenvalue weighted by molar-refractivity contribution is 6.14.